The molecule has 0 aromatic carbocycles. The fourth-order valence-corrected chi connectivity index (χ4v) is 0.963. The summed E-state index contributed by atoms with van der Waals surface area (Å²) in [7, 11) is 0. The number of rotatable bonds is 6. The Morgan fingerprint density at radius 1 is 1.00 bits per heavy atom. The van der Waals surface area contributed by atoms with Gasteiger partial charge in [-0.25, -0.2) is 0 Å². The van der Waals surface area contributed by atoms with Crippen LogP contribution >= 0.6 is 0 Å². The monoisotopic (exact) mass is 141 g/mol. The molecule has 0 radical (unpaired) electrons. The molecule has 0 bridgehead atoms. The van der Waals surface area contributed by atoms with Crippen molar-refractivity contribution in [3.8, 4) is 0 Å². The van der Waals surface area contributed by atoms with E-state index >= 15 is 0 Å². The molecule has 0 fully saturated rings. The Morgan fingerprint density at radius 2 is 1.60 bits per heavy atom. The van der Waals surface area contributed by atoms with Gasteiger partial charge in [-0.3, -0.25) is 0 Å². The number of unbranched alkanes of at least 4 members (excludes halogenated alkanes) is 5. The average Bonchev–Trinajstić information content (AvgIpc) is 1.97. The van der Waals surface area contributed by atoms with Gasteiger partial charge in [0.2, 0.25) is 5.39 Å². The maximum atomic E-state index is 8.09. The lowest BCUT2D eigenvalue weighted by atomic mass is 10.1. The topological polar surface area (TPSA) is 28.1 Å². The molecule has 0 heterocycles. The van der Waals surface area contributed by atoms with Crippen LogP contribution in [0.15, 0.2) is 0 Å². The summed E-state index contributed by atoms with van der Waals surface area (Å²) in [6, 6.07) is 0. The molecule has 0 aromatic rings. The molecule has 0 unspecified atom stereocenters. The van der Waals surface area contributed by atoms with Crippen molar-refractivity contribution in [1.29, 1.82) is 5.39 Å². The van der Waals surface area contributed by atoms with Gasteiger partial charge in [0.25, 0.3) is 0 Å². The van der Waals surface area contributed by atoms with E-state index in [-0.39, 0.29) is 0 Å². The van der Waals surface area contributed by atoms with Crippen molar-refractivity contribution < 1.29 is 0 Å². The SMILES string of the molecule is CCCCCCCC[N+]#N. The molecule has 0 saturated heterocycles. The maximum absolute atomic E-state index is 8.09. The third-order valence-corrected chi connectivity index (χ3v) is 1.61. The highest BCUT2D eigenvalue weighted by molar-refractivity contribution is 4.53. The van der Waals surface area contributed by atoms with E-state index in [1.807, 2.05) is 0 Å². The lowest BCUT2D eigenvalue weighted by Gasteiger charge is -1.93. The summed E-state index contributed by atoms with van der Waals surface area (Å²) in [5.74, 6) is 0. The number of diazo groups is 1. The Hall–Kier alpha value is -0.580. The smallest absolute Gasteiger partial charge is 0.0654 e. The molecule has 0 aliphatic heterocycles. The quantitative estimate of drug-likeness (QED) is 0.412. The number of hydrogen-bond donors (Lipinski definition) is 0. The second kappa shape index (κ2) is 8.42. The van der Waals surface area contributed by atoms with Crippen LogP contribution in [0.1, 0.15) is 45.4 Å². The fourth-order valence-electron chi connectivity index (χ4n) is 0.963. The molecule has 0 aromatic heterocycles. The van der Waals surface area contributed by atoms with E-state index in [2.05, 4.69) is 11.9 Å². The normalized spacial score (nSPS) is 9.20. The largest absolute Gasteiger partial charge is 0.305 e. The lowest BCUT2D eigenvalue weighted by molar-refractivity contribution is 0.620. The second-order valence-electron chi connectivity index (χ2n) is 2.63. The van der Waals surface area contributed by atoms with Gasteiger partial charge in [-0.05, 0) is 6.42 Å². The highest BCUT2D eigenvalue weighted by Gasteiger charge is 1.93. The Labute approximate surface area is 63.3 Å². The fraction of sp³-hybridized carbons (Fsp3) is 1.00. The van der Waals surface area contributed by atoms with Crippen LogP contribution in [0.5, 0.6) is 0 Å². The zero-order valence-electron chi connectivity index (χ0n) is 6.84. The molecule has 2 nitrogen and oxygen atoms in total. The third kappa shape index (κ3) is 7.42. The first-order valence-corrected chi connectivity index (χ1v) is 4.22. The number of hydrogen-bond acceptors (Lipinski definition) is 1. The second-order valence-corrected chi connectivity index (χ2v) is 2.63. The molecular formula is C8H17N2+. The zero-order chi connectivity index (χ0) is 7.66. The highest BCUT2D eigenvalue weighted by Crippen LogP contribution is 2.04. The Bertz CT molecular complexity index is 93.9. The van der Waals surface area contributed by atoms with Crippen LogP contribution in [0.4, 0.5) is 0 Å². The highest BCUT2D eigenvalue weighted by atomic mass is 14.8. The molecule has 10 heavy (non-hydrogen) atoms. The third-order valence-electron chi connectivity index (χ3n) is 1.61. The van der Waals surface area contributed by atoms with Gasteiger partial charge >= 0.3 is 6.54 Å². The van der Waals surface area contributed by atoms with Crippen molar-refractivity contribution in [3.63, 3.8) is 0 Å². The van der Waals surface area contributed by atoms with Crippen molar-refractivity contribution in [2.24, 2.45) is 0 Å². The van der Waals surface area contributed by atoms with E-state index in [1.165, 1.54) is 32.1 Å². The van der Waals surface area contributed by atoms with Gasteiger partial charge in [-0.2, -0.15) is 0 Å². The van der Waals surface area contributed by atoms with Crippen molar-refractivity contribution in [1.82, 2.24) is 0 Å². The Morgan fingerprint density at radius 3 is 2.20 bits per heavy atom. The van der Waals surface area contributed by atoms with Crippen LogP contribution in [-0.4, -0.2) is 6.54 Å². The molecule has 0 saturated carbocycles. The molecule has 0 atom stereocenters. The molecule has 0 spiro atoms. The Kier molecular flexibility index (Phi) is 7.93. The van der Waals surface area contributed by atoms with E-state index in [0.717, 1.165) is 6.42 Å². The molecule has 0 aliphatic carbocycles. The van der Waals surface area contributed by atoms with Crippen LogP contribution in [-0.2, 0) is 0 Å². The van der Waals surface area contributed by atoms with Gasteiger partial charge in [-0.15, -0.1) is 0 Å². The van der Waals surface area contributed by atoms with Crippen molar-refractivity contribution >= 4 is 0 Å². The standard InChI is InChI=1S/C8H17N2/c1-2-3-4-5-6-7-8-10-9/h2-8H2,1H3/q+1. The van der Waals surface area contributed by atoms with Crippen LogP contribution in [0.2, 0.25) is 0 Å². The summed E-state index contributed by atoms with van der Waals surface area (Å²) in [5.41, 5.74) is 0. The van der Waals surface area contributed by atoms with Gasteiger partial charge < -0.3 is 0 Å². The van der Waals surface area contributed by atoms with Gasteiger partial charge in [0.1, 0.15) is 4.98 Å². The van der Waals surface area contributed by atoms with Crippen LogP contribution in [0.25, 0.3) is 4.98 Å². The van der Waals surface area contributed by atoms with E-state index in [4.69, 9.17) is 5.39 Å². The first kappa shape index (κ1) is 9.42. The summed E-state index contributed by atoms with van der Waals surface area (Å²) >= 11 is 0. The molecular weight excluding hydrogens is 124 g/mol. The predicted molar refractivity (Wildman–Crippen MR) is 43.3 cm³/mol. The van der Waals surface area contributed by atoms with E-state index in [9.17, 15) is 0 Å². The first-order valence-electron chi connectivity index (χ1n) is 4.22. The summed E-state index contributed by atoms with van der Waals surface area (Å²) in [6.45, 7) is 2.83. The predicted octanol–water partition coefficient (Wildman–Crippen LogP) is 3.20. The molecule has 0 rings (SSSR count). The summed E-state index contributed by atoms with van der Waals surface area (Å²) in [5, 5.41) is 8.09. The van der Waals surface area contributed by atoms with E-state index in [1.54, 1.807) is 0 Å². The average molecular weight is 141 g/mol. The molecule has 0 aliphatic rings. The summed E-state index contributed by atoms with van der Waals surface area (Å²) in [6.07, 6.45) is 7.52. The van der Waals surface area contributed by atoms with Crippen LogP contribution in [0.3, 0.4) is 0 Å². The minimum absolute atomic E-state index is 0.617. The molecule has 2 heteroatoms. The number of nitrogens with zero attached hydrogens (tertiary/aromatic N) is 2. The van der Waals surface area contributed by atoms with Crippen molar-refractivity contribution in [3.05, 3.63) is 4.98 Å². The summed E-state index contributed by atoms with van der Waals surface area (Å²) in [4.78, 5) is 3.05. The molecule has 0 amide bonds. The molecule has 58 valence electrons. The maximum Gasteiger partial charge on any atom is 0.305 e. The van der Waals surface area contributed by atoms with E-state index in [0.29, 0.717) is 6.54 Å². The van der Waals surface area contributed by atoms with Gasteiger partial charge in [0.15, 0.2) is 0 Å². The summed E-state index contributed by atoms with van der Waals surface area (Å²) < 4.78 is 0. The van der Waals surface area contributed by atoms with E-state index < -0.39 is 0 Å². The first-order chi connectivity index (χ1) is 4.91. The van der Waals surface area contributed by atoms with Gasteiger partial charge in [0, 0.05) is 6.42 Å². The van der Waals surface area contributed by atoms with Crippen LogP contribution < -0.4 is 0 Å². The molecule has 0 N–H and O–H groups in total. The van der Waals surface area contributed by atoms with Crippen molar-refractivity contribution in [2.45, 2.75) is 45.4 Å². The van der Waals surface area contributed by atoms with Gasteiger partial charge in [0.05, 0.1) is 0 Å². The minimum atomic E-state index is 0.617. The van der Waals surface area contributed by atoms with Gasteiger partial charge in [-0.1, -0.05) is 32.6 Å². The minimum Gasteiger partial charge on any atom is -0.0654 e. The zero-order valence-corrected chi connectivity index (χ0v) is 6.84. The lowest BCUT2D eigenvalue weighted by Crippen LogP contribution is -1.80. The van der Waals surface area contributed by atoms with Crippen LogP contribution in [0, 0.1) is 5.39 Å². The Balaban J connectivity index is 2.72. The van der Waals surface area contributed by atoms with Crippen molar-refractivity contribution in [2.75, 3.05) is 6.54 Å².